The van der Waals surface area contributed by atoms with Crippen molar-refractivity contribution in [2.24, 2.45) is 5.92 Å². The molecule has 0 fully saturated rings. The summed E-state index contributed by atoms with van der Waals surface area (Å²) in [7, 11) is 0. The van der Waals surface area contributed by atoms with E-state index in [-0.39, 0.29) is 6.61 Å². The predicted octanol–water partition coefficient (Wildman–Crippen LogP) is 3.57. The first-order chi connectivity index (χ1) is 7.54. The third kappa shape index (κ3) is 4.17. The average Bonchev–Trinajstić information content (AvgIpc) is 2.64. The van der Waals surface area contributed by atoms with E-state index < -0.39 is 0 Å². The maximum Gasteiger partial charge on any atom is 0.0701 e. The molecule has 0 aliphatic carbocycles. The van der Waals surface area contributed by atoms with Gasteiger partial charge in [0.15, 0.2) is 0 Å². The minimum atomic E-state index is 0.247. The first-order valence-electron chi connectivity index (χ1n) is 5.66. The molecule has 4 heteroatoms. The summed E-state index contributed by atoms with van der Waals surface area (Å²) in [6.07, 6.45) is 0.814. The molecule has 92 valence electrons. The van der Waals surface area contributed by atoms with Crippen molar-refractivity contribution in [3.8, 4) is 0 Å². The topological polar surface area (TPSA) is 32.3 Å². The number of aliphatic hydroxyl groups excluding tert-OH is 1. The lowest BCUT2D eigenvalue weighted by molar-refractivity contribution is 0.237. The average molecular weight is 306 g/mol. The predicted molar refractivity (Wildman–Crippen MR) is 73.9 cm³/mol. The molecule has 0 saturated carbocycles. The lowest BCUT2D eigenvalue weighted by Crippen LogP contribution is -2.36. The highest BCUT2D eigenvalue weighted by molar-refractivity contribution is 9.11. The summed E-state index contributed by atoms with van der Waals surface area (Å²) in [6.45, 7) is 6.79. The van der Waals surface area contributed by atoms with Crippen molar-refractivity contribution in [1.82, 2.24) is 5.32 Å². The van der Waals surface area contributed by atoms with Crippen molar-refractivity contribution < 1.29 is 5.11 Å². The summed E-state index contributed by atoms with van der Waals surface area (Å²) in [5.41, 5.74) is 0. The molecule has 2 nitrogen and oxygen atoms in total. The summed E-state index contributed by atoms with van der Waals surface area (Å²) >= 11 is 5.24. The van der Waals surface area contributed by atoms with Gasteiger partial charge in [-0.3, -0.25) is 0 Å². The number of nitrogens with one attached hydrogen (secondary N) is 1. The molecule has 1 aromatic heterocycles. The van der Waals surface area contributed by atoms with E-state index in [4.69, 9.17) is 5.11 Å². The van der Waals surface area contributed by atoms with E-state index in [1.165, 1.54) is 8.66 Å². The Balaban J connectivity index is 2.57. The summed E-state index contributed by atoms with van der Waals surface area (Å²) in [6, 6.07) is 4.94. The Hall–Kier alpha value is 0.1000. The zero-order chi connectivity index (χ0) is 12.1. The molecular weight excluding hydrogens is 286 g/mol. The molecule has 0 bridgehead atoms. The molecular formula is C12H20BrNOS. The summed E-state index contributed by atoms with van der Waals surface area (Å²) in [5, 5.41) is 12.6. The van der Waals surface area contributed by atoms with Gasteiger partial charge in [-0.1, -0.05) is 13.8 Å². The fourth-order valence-corrected chi connectivity index (χ4v) is 3.15. The van der Waals surface area contributed by atoms with E-state index in [2.05, 4.69) is 54.2 Å². The Bertz CT molecular complexity index is 314. The lowest BCUT2D eigenvalue weighted by Gasteiger charge is -2.25. The van der Waals surface area contributed by atoms with Crippen molar-refractivity contribution in [3.63, 3.8) is 0 Å². The van der Waals surface area contributed by atoms with Crippen LogP contribution in [0.15, 0.2) is 15.9 Å². The van der Waals surface area contributed by atoms with Crippen molar-refractivity contribution in [3.05, 3.63) is 20.8 Å². The SMILES string of the molecule is CC(NC(CCO)C(C)C)c1ccc(Br)s1. The smallest absolute Gasteiger partial charge is 0.0701 e. The van der Waals surface area contributed by atoms with Gasteiger partial charge in [-0.15, -0.1) is 11.3 Å². The van der Waals surface area contributed by atoms with Crippen LogP contribution in [0.2, 0.25) is 0 Å². The molecule has 16 heavy (non-hydrogen) atoms. The van der Waals surface area contributed by atoms with Crippen LogP contribution in [-0.2, 0) is 0 Å². The standard InChI is InChI=1S/C12H20BrNOS/c1-8(2)10(6-7-15)14-9(3)11-4-5-12(13)16-11/h4-5,8-10,14-15H,6-7H2,1-3H3. The second-order valence-corrected chi connectivity index (χ2v) is 6.89. The number of thiophene rings is 1. The molecule has 0 spiro atoms. The maximum absolute atomic E-state index is 9.03. The highest BCUT2D eigenvalue weighted by atomic mass is 79.9. The molecule has 1 aromatic rings. The third-order valence-electron chi connectivity index (χ3n) is 2.73. The molecule has 0 saturated heterocycles. The molecule has 1 heterocycles. The highest BCUT2D eigenvalue weighted by Crippen LogP contribution is 2.27. The van der Waals surface area contributed by atoms with Crippen molar-refractivity contribution >= 4 is 27.3 Å². The van der Waals surface area contributed by atoms with Crippen LogP contribution >= 0.6 is 27.3 Å². The van der Waals surface area contributed by atoms with Gasteiger partial charge in [0.05, 0.1) is 3.79 Å². The summed E-state index contributed by atoms with van der Waals surface area (Å²) in [4.78, 5) is 1.33. The van der Waals surface area contributed by atoms with Gasteiger partial charge in [0.1, 0.15) is 0 Å². The quantitative estimate of drug-likeness (QED) is 0.842. The van der Waals surface area contributed by atoms with Gasteiger partial charge >= 0.3 is 0 Å². The Morgan fingerprint density at radius 3 is 2.50 bits per heavy atom. The minimum absolute atomic E-state index is 0.247. The second-order valence-electron chi connectivity index (χ2n) is 4.39. The number of rotatable bonds is 6. The Labute approximate surface area is 110 Å². The van der Waals surface area contributed by atoms with E-state index >= 15 is 0 Å². The molecule has 0 aliphatic rings. The Morgan fingerprint density at radius 2 is 2.06 bits per heavy atom. The first-order valence-corrected chi connectivity index (χ1v) is 7.27. The normalized spacial score (nSPS) is 15.4. The molecule has 2 atom stereocenters. The van der Waals surface area contributed by atoms with Gasteiger partial charge in [0, 0.05) is 23.6 Å². The number of hydrogen-bond acceptors (Lipinski definition) is 3. The van der Waals surface area contributed by atoms with E-state index in [0.29, 0.717) is 18.0 Å². The lowest BCUT2D eigenvalue weighted by atomic mass is 10.0. The molecule has 0 aromatic carbocycles. The fourth-order valence-electron chi connectivity index (χ4n) is 1.71. The second kappa shape index (κ2) is 6.74. The molecule has 2 N–H and O–H groups in total. The van der Waals surface area contributed by atoms with E-state index in [1.54, 1.807) is 11.3 Å². The molecule has 0 radical (unpaired) electrons. The van der Waals surface area contributed by atoms with Crippen LogP contribution in [0.4, 0.5) is 0 Å². The van der Waals surface area contributed by atoms with Crippen LogP contribution in [0.5, 0.6) is 0 Å². The van der Waals surface area contributed by atoms with Crippen LogP contribution in [0.25, 0.3) is 0 Å². The van der Waals surface area contributed by atoms with Crippen molar-refractivity contribution in [1.29, 1.82) is 0 Å². The molecule has 0 aliphatic heterocycles. The Morgan fingerprint density at radius 1 is 1.38 bits per heavy atom. The number of halogens is 1. The van der Waals surface area contributed by atoms with Crippen LogP contribution in [0.3, 0.4) is 0 Å². The van der Waals surface area contributed by atoms with Gasteiger partial charge in [-0.05, 0) is 47.3 Å². The monoisotopic (exact) mass is 305 g/mol. The van der Waals surface area contributed by atoms with E-state index in [9.17, 15) is 0 Å². The van der Waals surface area contributed by atoms with Crippen LogP contribution < -0.4 is 5.32 Å². The van der Waals surface area contributed by atoms with Crippen molar-refractivity contribution in [2.45, 2.75) is 39.3 Å². The largest absolute Gasteiger partial charge is 0.396 e. The van der Waals surface area contributed by atoms with Gasteiger partial charge in [-0.25, -0.2) is 0 Å². The zero-order valence-corrected chi connectivity index (χ0v) is 12.4. The molecule has 2 unspecified atom stereocenters. The minimum Gasteiger partial charge on any atom is -0.396 e. The van der Waals surface area contributed by atoms with Gasteiger partial charge in [0.25, 0.3) is 0 Å². The van der Waals surface area contributed by atoms with Gasteiger partial charge < -0.3 is 10.4 Å². The zero-order valence-electron chi connectivity index (χ0n) is 10.0. The Kier molecular flexibility index (Phi) is 5.97. The van der Waals surface area contributed by atoms with Gasteiger partial charge in [-0.2, -0.15) is 0 Å². The first kappa shape index (κ1) is 14.2. The molecule has 0 amide bonds. The van der Waals surface area contributed by atoms with Crippen LogP contribution in [-0.4, -0.2) is 17.8 Å². The van der Waals surface area contributed by atoms with Gasteiger partial charge in [0.2, 0.25) is 0 Å². The van der Waals surface area contributed by atoms with Crippen molar-refractivity contribution in [2.75, 3.05) is 6.61 Å². The van der Waals surface area contributed by atoms with E-state index in [1.807, 2.05) is 0 Å². The summed E-state index contributed by atoms with van der Waals surface area (Å²) < 4.78 is 1.17. The maximum atomic E-state index is 9.03. The number of aliphatic hydroxyl groups is 1. The number of hydrogen-bond donors (Lipinski definition) is 2. The molecule has 1 rings (SSSR count). The highest BCUT2D eigenvalue weighted by Gasteiger charge is 2.17. The fraction of sp³-hybridized carbons (Fsp3) is 0.667. The van der Waals surface area contributed by atoms with E-state index in [0.717, 1.165) is 6.42 Å². The van der Waals surface area contributed by atoms with Crippen LogP contribution in [0.1, 0.15) is 38.1 Å². The summed E-state index contributed by atoms with van der Waals surface area (Å²) in [5.74, 6) is 0.540. The van der Waals surface area contributed by atoms with Crippen LogP contribution in [0, 0.1) is 5.92 Å². The third-order valence-corrected chi connectivity index (χ3v) is 4.54.